The predicted molar refractivity (Wildman–Crippen MR) is 123 cm³/mol. The SMILES string of the molecule is CN=C(NCc1ncc(C)c(OC)c1C)NCC1(C(=O)N(C)C)CCCC1.I. The maximum absolute atomic E-state index is 12.7. The molecule has 0 aromatic carbocycles. The van der Waals surface area contributed by atoms with Crippen LogP contribution in [-0.4, -0.2) is 56.5 Å². The van der Waals surface area contributed by atoms with E-state index in [1.165, 1.54) is 0 Å². The molecule has 2 N–H and O–H groups in total. The Morgan fingerprint density at radius 3 is 2.46 bits per heavy atom. The molecule has 0 radical (unpaired) electrons. The zero-order valence-corrected chi connectivity index (χ0v) is 20.2. The van der Waals surface area contributed by atoms with Gasteiger partial charge in [0.15, 0.2) is 5.96 Å². The molecule has 0 bridgehead atoms. The summed E-state index contributed by atoms with van der Waals surface area (Å²) in [4.78, 5) is 23.2. The number of guanidine groups is 1. The van der Waals surface area contributed by atoms with Crippen LogP contribution in [0, 0.1) is 19.3 Å². The van der Waals surface area contributed by atoms with E-state index in [9.17, 15) is 4.79 Å². The average molecular weight is 503 g/mol. The summed E-state index contributed by atoms with van der Waals surface area (Å²) >= 11 is 0. The van der Waals surface area contributed by atoms with Crippen LogP contribution in [0.25, 0.3) is 0 Å². The molecule has 8 heteroatoms. The van der Waals surface area contributed by atoms with E-state index in [1.54, 1.807) is 19.1 Å². The molecule has 2 rings (SSSR count). The highest BCUT2D eigenvalue weighted by molar-refractivity contribution is 14.0. The van der Waals surface area contributed by atoms with Gasteiger partial charge in [-0.25, -0.2) is 0 Å². The topological polar surface area (TPSA) is 78.9 Å². The van der Waals surface area contributed by atoms with E-state index in [0.717, 1.165) is 48.3 Å². The second-order valence-electron chi connectivity index (χ2n) is 7.51. The van der Waals surface area contributed by atoms with Gasteiger partial charge in [0.25, 0.3) is 0 Å². The number of aryl methyl sites for hydroxylation is 1. The molecule has 1 aromatic rings. The molecule has 1 fully saturated rings. The Morgan fingerprint density at radius 2 is 1.93 bits per heavy atom. The quantitative estimate of drug-likeness (QED) is 0.355. The third-order valence-electron chi connectivity index (χ3n) is 5.41. The molecular weight excluding hydrogens is 469 g/mol. The number of halogens is 1. The second kappa shape index (κ2) is 10.8. The Morgan fingerprint density at radius 1 is 1.29 bits per heavy atom. The van der Waals surface area contributed by atoms with Crippen molar-refractivity contribution < 1.29 is 9.53 Å². The van der Waals surface area contributed by atoms with Crippen molar-refractivity contribution in [3.8, 4) is 5.75 Å². The first-order valence-electron chi connectivity index (χ1n) is 9.50. The summed E-state index contributed by atoms with van der Waals surface area (Å²) in [5.41, 5.74) is 2.63. The van der Waals surface area contributed by atoms with Gasteiger partial charge < -0.3 is 20.3 Å². The average Bonchev–Trinajstić information content (AvgIpc) is 3.13. The molecule has 1 aliphatic carbocycles. The number of carbonyl (C=O) groups is 1. The number of rotatable bonds is 6. The molecule has 1 amide bonds. The summed E-state index contributed by atoms with van der Waals surface area (Å²) in [6.07, 6.45) is 5.86. The minimum atomic E-state index is -0.331. The van der Waals surface area contributed by atoms with Gasteiger partial charge in [-0.3, -0.25) is 14.8 Å². The maximum atomic E-state index is 12.7. The van der Waals surface area contributed by atoms with Crippen molar-refractivity contribution in [1.82, 2.24) is 20.5 Å². The number of ether oxygens (including phenoxy) is 1. The monoisotopic (exact) mass is 503 g/mol. The van der Waals surface area contributed by atoms with Crippen molar-refractivity contribution in [2.24, 2.45) is 10.4 Å². The fourth-order valence-corrected chi connectivity index (χ4v) is 3.88. The molecule has 0 unspecified atom stereocenters. The number of amides is 1. The predicted octanol–water partition coefficient (Wildman–Crippen LogP) is 2.64. The zero-order chi connectivity index (χ0) is 20.0. The summed E-state index contributed by atoms with van der Waals surface area (Å²) < 4.78 is 5.47. The number of nitrogens with one attached hydrogen (secondary N) is 2. The van der Waals surface area contributed by atoms with E-state index in [0.29, 0.717) is 19.0 Å². The van der Waals surface area contributed by atoms with Gasteiger partial charge in [0.2, 0.25) is 5.91 Å². The Hall–Kier alpha value is -1.58. The first kappa shape index (κ1) is 24.5. The minimum absolute atomic E-state index is 0. The van der Waals surface area contributed by atoms with Crippen molar-refractivity contribution >= 4 is 35.8 Å². The van der Waals surface area contributed by atoms with E-state index in [2.05, 4.69) is 20.6 Å². The van der Waals surface area contributed by atoms with E-state index in [1.807, 2.05) is 34.1 Å². The van der Waals surface area contributed by atoms with E-state index in [4.69, 9.17) is 4.74 Å². The number of aromatic nitrogens is 1. The van der Waals surface area contributed by atoms with E-state index >= 15 is 0 Å². The van der Waals surface area contributed by atoms with E-state index in [-0.39, 0.29) is 35.3 Å². The van der Waals surface area contributed by atoms with Crippen molar-refractivity contribution in [2.75, 3.05) is 34.8 Å². The summed E-state index contributed by atoms with van der Waals surface area (Å²) in [6.45, 7) is 5.12. The Labute approximate surface area is 185 Å². The lowest BCUT2D eigenvalue weighted by atomic mass is 9.84. The minimum Gasteiger partial charge on any atom is -0.496 e. The maximum Gasteiger partial charge on any atom is 0.230 e. The fourth-order valence-electron chi connectivity index (χ4n) is 3.88. The van der Waals surface area contributed by atoms with Crippen LogP contribution in [0.4, 0.5) is 0 Å². The smallest absolute Gasteiger partial charge is 0.230 e. The van der Waals surface area contributed by atoms with Crippen LogP contribution in [0.1, 0.15) is 42.5 Å². The molecule has 1 aliphatic rings. The largest absolute Gasteiger partial charge is 0.496 e. The van der Waals surface area contributed by atoms with Crippen molar-refractivity contribution in [1.29, 1.82) is 0 Å². The highest BCUT2D eigenvalue weighted by atomic mass is 127. The molecule has 1 heterocycles. The second-order valence-corrected chi connectivity index (χ2v) is 7.51. The fraction of sp³-hybridized carbons (Fsp3) is 0.650. The van der Waals surface area contributed by atoms with Gasteiger partial charge in [0.05, 0.1) is 24.8 Å². The standard InChI is InChI=1S/C20H33N5O2.HI/c1-14-11-22-16(15(2)17(14)27-6)12-23-19(21-3)24-13-20(9-7-8-10-20)18(26)25(4)5;/h11H,7-10,12-13H2,1-6H3,(H2,21,23,24);1H. The number of nitrogens with zero attached hydrogens (tertiary/aromatic N) is 3. The van der Waals surface area contributed by atoms with Gasteiger partial charge in [0, 0.05) is 45.0 Å². The first-order valence-corrected chi connectivity index (χ1v) is 9.50. The summed E-state index contributed by atoms with van der Waals surface area (Å²) in [5.74, 6) is 1.74. The number of pyridine rings is 1. The molecule has 1 saturated carbocycles. The van der Waals surface area contributed by atoms with Gasteiger partial charge in [0.1, 0.15) is 5.75 Å². The Bertz CT molecular complexity index is 700. The van der Waals surface area contributed by atoms with Crippen LogP contribution in [0.3, 0.4) is 0 Å². The lowest BCUT2D eigenvalue weighted by Gasteiger charge is -2.31. The molecule has 0 aliphatic heterocycles. The van der Waals surface area contributed by atoms with Crippen LogP contribution < -0.4 is 15.4 Å². The first-order chi connectivity index (χ1) is 12.8. The summed E-state index contributed by atoms with van der Waals surface area (Å²) in [6, 6.07) is 0. The molecule has 158 valence electrons. The number of hydrogen-bond acceptors (Lipinski definition) is 4. The summed E-state index contributed by atoms with van der Waals surface area (Å²) in [7, 11) is 7.07. The van der Waals surface area contributed by atoms with Gasteiger partial charge in [-0.1, -0.05) is 12.8 Å². The number of carbonyl (C=O) groups excluding carboxylic acids is 1. The lowest BCUT2D eigenvalue weighted by molar-refractivity contribution is -0.138. The number of methoxy groups -OCH3 is 1. The molecule has 7 nitrogen and oxygen atoms in total. The van der Waals surface area contributed by atoms with Crippen LogP contribution in [0.2, 0.25) is 0 Å². The van der Waals surface area contributed by atoms with Gasteiger partial charge >= 0.3 is 0 Å². The number of aliphatic imine (C=N–C) groups is 1. The highest BCUT2D eigenvalue weighted by Crippen LogP contribution is 2.38. The van der Waals surface area contributed by atoms with E-state index < -0.39 is 0 Å². The third kappa shape index (κ3) is 5.48. The van der Waals surface area contributed by atoms with Crippen LogP contribution in [-0.2, 0) is 11.3 Å². The highest BCUT2D eigenvalue weighted by Gasteiger charge is 2.42. The number of hydrogen-bond donors (Lipinski definition) is 2. The molecule has 0 saturated heterocycles. The zero-order valence-electron chi connectivity index (χ0n) is 17.9. The van der Waals surface area contributed by atoms with Crippen LogP contribution in [0.15, 0.2) is 11.2 Å². The lowest BCUT2D eigenvalue weighted by Crippen LogP contribution is -2.49. The molecule has 28 heavy (non-hydrogen) atoms. The van der Waals surface area contributed by atoms with Crippen molar-refractivity contribution in [2.45, 2.75) is 46.1 Å². The van der Waals surface area contributed by atoms with Gasteiger partial charge in [-0.15, -0.1) is 24.0 Å². The normalized spacial score (nSPS) is 15.6. The molecule has 0 atom stereocenters. The third-order valence-corrected chi connectivity index (χ3v) is 5.41. The summed E-state index contributed by atoms with van der Waals surface area (Å²) in [5, 5.41) is 6.65. The Kier molecular flexibility index (Phi) is 9.46. The van der Waals surface area contributed by atoms with Crippen molar-refractivity contribution in [3.05, 3.63) is 23.0 Å². The molecule has 0 spiro atoms. The van der Waals surface area contributed by atoms with Gasteiger partial charge in [-0.2, -0.15) is 0 Å². The van der Waals surface area contributed by atoms with Crippen molar-refractivity contribution in [3.63, 3.8) is 0 Å². The molecule has 1 aromatic heterocycles. The van der Waals surface area contributed by atoms with Crippen LogP contribution in [0.5, 0.6) is 5.75 Å². The van der Waals surface area contributed by atoms with Gasteiger partial charge in [-0.05, 0) is 26.7 Å². The molecular formula is C20H34IN5O2. The van der Waals surface area contributed by atoms with Crippen LogP contribution >= 0.6 is 24.0 Å². The Balaban J connectivity index is 0.00000392.